The van der Waals surface area contributed by atoms with Gasteiger partial charge in [-0.3, -0.25) is 0 Å². The van der Waals surface area contributed by atoms with Gasteiger partial charge in [0.05, 0.1) is 0 Å². The predicted molar refractivity (Wildman–Crippen MR) is 39.2 cm³/mol. The zero-order chi connectivity index (χ0) is 6.53. The summed E-state index contributed by atoms with van der Waals surface area (Å²) < 4.78 is 0. The molecule has 0 heterocycles. The highest BCUT2D eigenvalue weighted by Gasteiger charge is 1.84. The molecule has 0 unspecified atom stereocenters. The molecule has 1 aromatic rings. The van der Waals surface area contributed by atoms with Gasteiger partial charge in [0.25, 0.3) is 0 Å². The second-order valence-electron chi connectivity index (χ2n) is 2.02. The van der Waals surface area contributed by atoms with E-state index in [0.717, 1.165) is 13.0 Å². The Hall–Kier alpha value is -0.820. The van der Waals surface area contributed by atoms with Crippen LogP contribution in [0.4, 0.5) is 0 Å². The molecule has 1 aromatic carbocycles. The van der Waals surface area contributed by atoms with Crippen LogP contribution in [-0.2, 0) is 6.42 Å². The molecular formula is C8H11N. The molecule has 1 nitrogen and oxygen atoms in total. The minimum Gasteiger partial charge on any atom is -0.330 e. The van der Waals surface area contributed by atoms with E-state index in [2.05, 4.69) is 12.1 Å². The van der Waals surface area contributed by atoms with Crippen molar-refractivity contribution in [3.05, 3.63) is 35.9 Å². The first-order valence-electron chi connectivity index (χ1n) is 3.17. The minimum atomic E-state index is 0.740. The average molecular weight is 120 g/mol. The molecular weight excluding hydrogens is 109 g/mol. The van der Waals surface area contributed by atoms with Crippen LogP contribution in [0.15, 0.2) is 30.3 Å². The molecule has 0 aromatic heterocycles. The lowest BCUT2D eigenvalue weighted by molar-refractivity contribution is 0.969. The summed E-state index contributed by atoms with van der Waals surface area (Å²) in [6.07, 6.45) is 0.987. The second kappa shape index (κ2) is 3.25. The van der Waals surface area contributed by atoms with E-state index in [0.29, 0.717) is 0 Å². The van der Waals surface area contributed by atoms with Crippen LogP contribution in [-0.4, -0.2) is 6.54 Å². The zero-order valence-electron chi connectivity index (χ0n) is 5.38. The number of benzene rings is 1. The van der Waals surface area contributed by atoms with E-state index in [-0.39, 0.29) is 0 Å². The lowest BCUT2D eigenvalue weighted by Crippen LogP contribution is -2.01. The summed E-state index contributed by atoms with van der Waals surface area (Å²) in [6, 6.07) is 10.3. The van der Waals surface area contributed by atoms with Crippen molar-refractivity contribution in [3.8, 4) is 0 Å². The monoisotopic (exact) mass is 120 g/mol. The third kappa shape index (κ3) is 1.86. The molecule has 0 radical (unpaired) electrons. The van der Waals surface area contributed by atoms with Crippen LogP contribution in [0.3, 0.4) is 0 Å². The highest BCUT2D eigenvalue weighted by Crippen LogP contribution is 1.96. The van der Waals surface area contributed by atoms with Crippen molar-refractivity contribution in [2.45, 2.75) is 6.42 Å². The van der Waals surface area contributed by atoms with E-state index in [9.17, 15) is 0 Å². The van der Waals surface area contributed by atoms with E-state index >= 15 is 0 Å². The van der Waals surface area contributed by atoms with Crippen LogP contribution in [0.1, 0.15) is 5.56 Å². The van der Waals surface area contributed by atoms with Crippen molar-refractivity contribution < 1.29 is 0 Å². The van der Waals surface area contributed by atoms with Crippen molar-refractivity contribution in [3.63, 3.8) is 0 Å². The van der Waals surface area contributed by atoms with Gasteiger partial charge in [-0.1, -0.05) is 30.3 Å². The maximum Gasteiger partial charge on any atom is -0.00367 e. The van der Waals surface area contributed by atoms with Gasteiger partial charge in [0.15, 0.2) is 0 Å². The Morgan fingerprint density at radius 3 is 2.33 bits per heavy atom. The van der Waals surface area contributed by atoms with Crippen molar-refractivity contribution >= 4 is 0 Å². The Labute approximate surface area is 55.5 Å². The molecule has 0 saturated carbocycles. The van der Waals surface area contributed by atoms with Crippen LogP contribution in [0.5, 0.6) is 0 Å². The maximum atomic E-state index is 5.36. The molecule has 0 spiro atoms. The molecule has 0 fully saturated rings. The highest BCUT2D eigenvalue weighted by atomic mass is 14.4. The van der Waals surface area contributed by atoms with Crippen LogP contribution >= 0.6 is 0 Å². The lowest BCUT2D eigenvalue weighted by Gasteiger charge is -1.93. The normalized spacial score (nSPS) is 9.44. The quantitative estimate of drug-likeness (QED) is 0.623. The predicted octanol–water partition coefficient (Wildman–Crippen LogP) is 1.19. The Morgan fingerprint density at radius 1 is 1.11 bits per heavy atom. The van der Waals surface area contributed by atoms with Gasteiger partial charge in [-0.25, -0.2) is 0 Å². The summed E-state index contributed by atoms with van der Waals surface area (Å²) in [4.78, 5) is 0. The summed E-state index contributed by atoms with van der Waals surface area (Å²) in [7, 11) is 0. The zero-order valence-corrected chi connectivity index (χ0v) is 5.38. The molecule has 0 atom stereocenters. The molecule has 2 N–H and O–H groups in total. The Balaban J connectivity index is 2.61. The Bertz CT molecular complexity index is 157. The molecule has 1 rings (SSSR count). The van der Waals surface area contributed by atoms with E-state index in [4.69, 9.17) is 5.73 Å². The molecule has 0 bridgehead atoms. The van der Waals surface area contributed by atoms with Crippen LogP contribution in [0.2, 0.25) is 0 Å². The first-order chi connectivity index (χ1) is 4.43. The highest BCUT2D eigenvalue weighted by molar-refractivity contribution is 5.14. The minimum absolute atomic E-state index is 0.740. The van der Waals surface area contributed by atoms with E-state index < -0.39 is 0 Å². The number of rotatable bonds is 2. The van der Waals surface area contributed by atoms with Gasteiger partial charge in [-0.15, -0.1) is 0 Å². The number of hydrogen-bond acceptors (Lipinski definition) is 1. The van der Waals surface area contributed by atoms with E-state index in [1.807, 2.05) is 18.2 Å². The second-order valence-corrected chi connectivity index (χ2v) is 2.02. The van der Waals surface area contributed by atoms with Gasteiger partial charge in [0.1, 0.15) is 0 Å². The summed E-state index contributed by atoms with van der Waals surface area (Å²) in [5.41, 5.74) is 6.68. The molecule has 0 aliphatic heterocycles. The first-order valence-corrected chi connectivity index (χ1v) is 3.17. The molecule has 1 heteroatoms. The van der Waals surface area contributed by atoms with Crippen LogP contribution in [0.25, 0.3) is 0 Å². The third-order valence-electron chi connectivity index (χ3n) is 1.28. The fourth-order valence-electron chi connectivity index (χ4n) is 0.811. The van der Waals surface area contributed by atoms with Gasteiger partial charge < -0.3 is 5.73 Å². The number of hydrogen-bond donors (Lipinski definition) is 1. The Kier molecular flexibility index (Phi) is 2.28. The van der Waals surface area contributed by atoms with Gasteiger partial charge in [-0.05, 0) is 18.5 Å². The summed E-state index contributed by atoms with van der Waals surface area (Å²) >= 11 is 0. The maximum absolute atomic E-state index is 5.36. The van der Waals surface area contributed by atoms with Crippen LogP contribution in [0, 0.1) is 0 Å². The average Bonchev–Trinajstić information content (AvgIpc) is 1.91. The van der Waals surface area contributed by atoms with Gasteiger partial charge in [0.2, 0.25) is 0 Å². The van der Waals surface area contributed by atoms with Crippen molar-refractivity contribution in [1.82, 2.24) is 0 Å². The fraction of sp³-hybridized carbons (Fsp3) is 0.250. The van der Waals surface area contributed by atoms with Crippen molar-refractivity contribution in [1.29, 1.82) is 0 Å². The van der Waals surface area contributed by atoms with Crippen LogP contribution < -0.4 is 5.73 Å². The topological polar surface area (TPSA) is 26.0 Å². The van der Waals surface area contributed by atoms with Gasteiger partial charge in [-0.2, -0.15) is 0 Å². The summed E-state index contributed by atoms with van der Waals surface area (Å²) in [5, 5.41) is 0. The number of nitrogens with two attached hydrogens (primary N) is 1. The van der Waals surface area contributed by atoms with Crippen molar-refractivity contribution in [2.75, 3.05) is 6.54 Å². The molecule has 0 amide bonds. The molecule has 0 aliphatic rings. The van der Waals surface area contributed by atoms with Crippen molar-refractivity contribution in [2.24, 2.45) is 5.73 Å². The first kappa shape index (κ1) is 6.30. The molecule has 0 aliphatic carbocycles. The summed E-state index contributed by atoms with van der Waals surface area (Å²) in [5.74, 6) is 0. The smallest absolute Gasteiger partial charge is 0.00367 e. The molecule has 9 heavy (non-hydrogen) atoms. The third-order valence-corrected chi connectivity index (χ3v) is 1.28. The van der Waals surface area contributed by atoms with E-state index in [1.165, 1.54) is 5.56 Å². The molecule has 48 valence electrons. The van der Waals surface area contributed by atoms with Gasteiger partial charge in [0, 0.05) is 0 Å². The standard InChI is InChI=1S/C8H11N/c9-7-6-8-4-2-1-3-5-8/h1-5H,6-7,9H2/i7-1. The van der Waals surface area contributed by atoms with Gasteiger partial charge >= 0.3 is 0 Å². The SMILES string of the molecule is N[11CH2]Cc1ccccc1. The molecule has 0 saturated heterocycles. The Morgan fingerprint density at radius 2 is 1.78 bits per heavy atom. The largest absolute Gasteiger partial charge is 0.330 e. The fourth-order valence-corrected chi connectivity index (χ4v) is 0.811. The lowest BCUT2D eigenvalue weighted by atomic mass is 9.95. The van der Waals surface area contributed by atoms with E-state index in [1.54, 1.807) is 0 Å². The summed E-state index contributed by atoms with van der Waals surface area (Å²) in [6.45, 7) is 0.740.